The van der Waals surface area contributed by atoms with Crippen molar-refractivity contribution in [3.63, 3.8) is 0 Å². The van der Waals surface area contributed by atoms with Crippen LogP contribution in [0.5, 0.6) is 0 Å². The van der Waals surface area contributed by atoms with Crippen molar-refractivity contribution in [2.75, 3.05) is 10.6 Å². The second kappa shape index (κ2) is 8.74. The first-order valence-electron chi connectivity index (χ1n) is 11.1. The highest BCUT2D eigenvalue weighted by Crippen LogP contribution is 2.36. The minimum absolute atomic E-state index is 0.229. The molecule has 164 valence electrons. The van der Waals surface area contributed by atoms with Gasteiger partial charge in [-0.25, -0.2) is 19.5 Å². The van der Waals surface area contributed by atoms with E-state index in [4.69, 9.17) is 21.7 Å². The van der Waals surface area contributed by atoms with Crippen LogP contribution in [-0.4, -0.2) is 36.6 Å². The molecule has 7 nitrogen and oxygen atoms in total. The molecule has 2 N–H and O–H groups in total. The van der Waals surface area contributed by atoms with Crippen molar-refractivity contribution < 1.29 is 0 Å². The normalized spacial score (nSPS) is 14.4. The smallest absolute Gasteiger partial charge is 0.223 e. The summed E-state index contributed by atoms with van der Waals surface area (Å²) in [5.41, 5.74) is 4.37. The summed E-state index contributed by atoms with van der Waals surface area (Å²) in [6, 6.07) is 12.4. The maximum absolute atomic E-state index is 6.49. The first kappa shape index (κ1) is 20.7. The Labute approximate surface area is 192 Å². The lowest BCUT2D eigenvalue weighted by Crippen LogP contribution is -2.15. The number of aromatic nitrogens is 5. The Morgan fingerprint density at radius 1 is 1.06 bits per heavy atom. The number of pyridine rings is 2. The van der Waals surface area contributed by atoms with Crippen LogP contribution in [0.25, 0.3) is 28.0 Å². The van der Waals surface area contributed by atoms with E-state index in [1.54, 1.807) is 10.7 Å². The van der Waals surface area contributed by atoms with E-state index in [1.807, 2.05) is 36.5 Å². The monoisotopic (exact) mass is 447 g/mol. The summed E-state index contributed by atoms with van der Waals surface area (Å²) >= 11 is 6.49. The second-order valence-electron chi connectivity index (χ2n) is 8.49. The number of hydrogen-bond acceptors (Lipinski definition) is 6. The molecule has 0 bridgehead atoms. The first-order chi connectivity index (χ1) is 15.6. The minimum Gasteiger partial charge on any atom is -0.367 e. The summed E-state index contributed by atoms with van der Waals surface area (Å²) in [6.07, 6.45) is 8.51. The summed E-state index contributed by atoms with van der Waals surface area (Å²) in [7, 11) is 0. The summed E-state index contributed by atoms with van der Waals surface area (Å²) in [5, 5.41) is 12.3. The average molecular weight is 448 g/mol. The zero-order chi connectivity index (χ0) is 22.1. The van der Waals surface area contributed by atoms with Crippen LogP contribution in [0.4, 0.5) is 11.8 Å². The molecule has 0 radical (unpaired) electrons. The van der Waals surface area contributed by atoms with Gasteiger partial charge in [0, 0.05) is 30.0 Å². The van der Waals surface area contributed by atoms with Gasteiger partial charge in [-0.05, 0) is 57.0 Å². The van der Waals surface area contributed by atoms with Crippen LogP contribution < -0.4 is 10.6 Å². The predicted octanol–water partition coefficient (Wildman–Crippen LogP) is 5.68. The van der Waals surface area contributed by atoms with Crippen molar-refractivity contribution >= 4 is 28.9 Å². The van der Waals surface area contributed by atoms with Crippen LogP contribution in [0.3, 0.4) is 0 Å². The number of halogens is 1. The van der Waals surface area contributed by atoms with Crippen LogP contribution in [0.2, 0.25) is 5.15 Å². The van der Waals surface area contributed by atoms with E-state index < -0.39 is 0 Å². The molecule has 0 amide bonds. The molecule has 4 aromatic heterocycles. The Bertz CT molecular complexity index is 1240. The maximum atomic E-state index is 6.49. The Kier molecular flexibility index (Phi) is 5.66. The van der Waals surface area contributed by atoms with Gasteiger partial charge in [-0.3, -0.25) is 0 Å². The van der Waals surface area contributed by atoms with Crippen LogP contribution in [0, 0.1) is 0 Å². The van der Waals surface area contributed by atoms with E-state index in [9.17, 15) is 0 Å². The fourth-order valence-electron chi connectivity index (χ4n) is 4.25. The summed E-state index contributed by atoms with van der Waals surface area (Å²) in [6.45, 7) is 4.12. The lowest BCUT2D eigenvalue weighted by molar-refractivity contribution is 0.750. The van der Waals surface area contributed by atoms with Crippen LogP contribution in [0.1, 0.15) is 39.5 Å². The van der Waals surface area contributed by atoms with E-state index in [0.29, 0.717) is 17.1 Å². The predicted molar refractivity (Wildman–Crippen MR) is 129 cm³/mol. The highest BCUT2D eigenvalue weighted by atomic mass is 35.5. The number of nitrogens with one attached hydrogen (secondary N) is 2. The Balaban J connectivity index is 1.63. The van der Waals surface area contributed by atoms with Gasteiger partial charge in [0.05, 0.1) is 16.8 Å². The van der Waals surface area contributed by atoms with Crippen molar-refractivity contribution in [2.45, 2.75) is 51.6 Å². The number of rotatable bonds is 6. The fraction of sp³-hybridized carbons (Fsp3) is 0.333. The van der Waals surface area contributed by atoms with Crippen molar-refractivity contribution in [1.29, 1.82) is 0 Å². The number of anilines is 2. The summed E-state index contributed by atoms with van der Waals surface area (Å²) < 4.78 is 1.76. The molecule has 0 aliphatic heterocycles. The van der Waals surface area contributed by atoms with Gasteiger partial charge < -0.3 is 10.6 Å². The van der Waals surface area contributed by atoms with Crippen molar-refractivity contribution in [2.24, 2.45) is 0 Å². The summed E-state index contributed by atoms with van der Waals surface area (Å²) in [5.74, 6) is 1.46. The van der Waals surface area contributed by atoms with Gasteiger partial charge in [0.25, 0.3) is 0 Å². The van der Waals surface area contributed by atoms with Crippen LogP contribution in [0.15, 0.2) is 48.8 Å². The fourth-order valence-corrected chi connectivity index (χ4v) is 4.46. The molecule has 1 aliphatic carbocycles. The second-order valence-corrected chi connectivity index (χ2v) is 8.88. The molecule has 8 heteroatoms. The molecule has 1 aliphatic rings. The standard InChI is InChI=1S/C24H26ClN7/c1-15(2)28-24-27-13-11-18(30-24)22-19-8-5-9-20(25)32(19)31-23(22)16-10-12-26-21(14-16)29-17-6-3-4-7-17/h5,8-15,17H,3-4,6-7H2,1-2H3,(H,26,29)(H,27,28,30). The maximum Gasteiger partial charge on any atom is 0.223 e. The highest BCUT2D eigenvalue weighted by Gasteiger charge is 2.21. The number of nitrogens with zero attached hydrogens (tertiary/aromatic N) is 5. The van der Waals surface area contributed by atoms with E-state index in [2.05, 4.69) is 40.5 Å². The molecule has 0 unspecified atom stereocenters. The van der Waals surface area contributed by atoms with E-state index in [1.165, 1.54) is 25.7 Å². The van der Waals surface area contributed by atoms with Gasteiger partial charge in [0.1, 0.15) is 16.7 Å². The Morgan fingerprint density at radius 2 is 1.88 bits per heavy atom. The van der Waals surface area contributed by atoms with Gasteiger partial charge in [-0.1, -0.05) is 30.5 Å². The third-order valence-corrected chi connectivity index (χ3v) is 5.97. The lowest BCUT2D eigenvalue weighted by atomic mass is 10.0. The molecule has 5 rings (SSSR count). The van der Waals surface area contributed by atoms with Crippen LogP contribution in [-0.2, 0) is 0 Å². The zero-order valence-corrected chi connectivity index (χ0v) is 19.0. The lowest BCUT2D eigenvalue weighted by Gasteiger charge is -2.13. The molecule has 4 aromatic rings. The molecule has 0 spiro atoms. The Morgan fingerprint density at radius 3 is 2.69 bits per heavy atom. The molecular weight excluding hydrogens is 422 g/mol. The van der Waals surface area contributed by atoms with Gasteiger partial charge in [0.15, 0.2) is 0 Å². The van der Waals surface area contributed by atoms with E-state index >= 15 is 0 Å². The SMILES string of the molecule is CC(C)Nc1nccc(-c2c(-c3ccnc(NC4CCCC4)c3)nn3c(Cl)cccc23)n1. The first-order valence-corrected chi connectivity index (χ1v) is 11.5. The van der Waals surface area contributed by atoms with Gasteiger partial charge >= 0.3 is 0 Å². The van der Waals surface area contributed by atoms with Crippen molar-refractivity contribution in [1.82, 2.24) is 24.6 Å². The van der Waals surface area contributed by atoms with Gasteiger partial charge in [-0.15, -0.1) is 0 Å². The molecule has 0 saturated heterocycles. The molecule has 32 heavy (non-hydrogen) atoms. The van der Waals surface area contributed by atoms with Gasteiger partial charge in [-0.2, -0.15) is 5.10 Å². The number of fused-ring (bicyclic) bond motifs is 1. The molecule has 0 atom stereocenters. The average Bonchev–Trinajstić information content (AvgIpc) is 3.42. The quantitative estimate of drug-likeness (QED) is 0.370. The van der Waals surface area contributed by atoms with E-state index in [-0.39, 0.29) is 6.04 Å². The number of hydrogen-bond donors (Lipinski definition) is 2. The molecular formula is C24H26ClN7. The van der Waals surface area contributed by atoms with E-state index in [0.717, 1.165) is 33.8 Å². The molecule has 4 heterocycles. The van der Waals surface area contributed by atoms with Crippen molar-refractivity contribution in [3.05, 3.63) is 53.9 Å². The molecule has 1 fully saturated rings. The van der Waals surface area contributed by atoms with Crippen LogP contribution >= 0.6 is 11.6 Å². The molecule has 1 saturated carbocycles. The largest absolute Gasteiger partial charge is 0.367 e. The minimum atomic E-state index is 0.229. The third kappa shape index (κ3) is 4.12. The van der Waals surface area contributed by atoms with Crippen molar-refractivity contribution in [3.8, 4) is 22.5 Å². The highest BCUT2D eigenvalue weighted by molar-refractivity contribution is 6.29. The zero-order valence-electron chi connectivity index (χ0n) is 18.2. The third-order valence-electron chi connectivity index (χ3n) is 5.68. The van der Waals surface area contributed by atoms with Gasteiger partial charge in [0.2, 0.25) is 5.95 Å². The Hall–Kier alpha value is -3.19. The summed E-state index contributed by atoms with van der Waals surface area (Å²) in [4.78, 5) is 13.7. The topological polar surface area (TPSA) is 80.0 Å². The molecule has 0 aromatic carbocycles.